The Balaban J connectivity index is 1.81. The Hall–Kier alpha value is -2.30. The summed E-state index contributed by atoms with van der Waals surface area (Å²) in [4.78, 5) is 50.0. The van der Waals surface area contributed by atoms with Crippen molar-refractivity contribution in [2.24, 2.45) is 0 Å². The molecular formula is C19H20N2O6S2. The van der Waals surface area contributed by atoms with Crippen LogP contribution in [0.25, 0.3) is 0 Å². The highest BCUT2D eigenvalue weighted by Gasteiger charge is 2.66. The fraction of sp³-hybridized carbons (Fsp3) is 0.368. The van der Waals surface area contributed by atoms with Gasteiger partial charge in [0.15, 0.2) is 0 Å². The SMILES string of the molecule is CCC(=O)NC1(OC)C(=O)N2C(C(=O)O)=C(CSC(=O)c3ccccc3)CS[C@H]21. The summed E-state index contributed by atoms with van der Waals surface area (Å²) >= 11 is 2.29. The summed E-state index contributed by atoms with van der Waals surface area (Å²) in [5.41, 5.74) is -0.716. The Labute approximate surface area is 176 Å². The molecule has 1 saturated heterocycles. The Morgan fingerprint density at radius 3 is 2.62 bits per heavy atom. The number of thioether (sulfide) groups is 2. The first-order chi connectivity index (χ1) is 13.9. The van der Waals surface area contributed by atoms with Crippen molar-refractivity contribution in [2.45, 2.75) is 24.4 Å². The quantitative estimate of drug-likeness (QED) is 0.490. The maximum atomic E-state index is 12.8. The Morgan fingerprint density at radius 1 is 1.34 bits per heavy atom. The van der Waals surface area contributed by atoms with E-state index in [1.54, 1.807) is 37.3 Å². The molecule has 1 unspecified atom stereocenters. The van der Waals surface area contributed by atoms with Crippen molar-refractivity contribution in [3.63, 3.8) is 0 Å². The van der Waals surface area contributed by atoms with Gasteiger partial charge in [-0.05, 0) is 5.57 Å². The minimum atomic E-state index is -1.57. The third kappa shape index (κ3) is 3.79. The number of rotatable bonds is 7. The third-order valence-electron chi connectivity index (χ3n) is 4.67. The van der Waals surface area contributed by atoms with Gasteiger partial charge in [0, 0.05) is 30.6 Å². The number of benzene rings is 1. The lowest BCUT2D eigenvalue weighted by Gasteiger charge is -2.55. The molecule has 2 aliphatic rings. The van der Waals surface area contributed by atoms with Crippen molar-refractivity contribution in [3.8, 4) is 0 Å². The molecule has 0 saturated carbocycles. The predicted octanol–water partition coefficient (Wildman–Crippen LogP) is 1.68. The first kappa shape index (κ1) is 21.4. The topological polar surface area (TPSA) is 113 Å². The number of methoxy groups -OCH3 is 1. The zero-order chi connectivity index (χ0) is 21.2. The van der Waals surface area contributed by atoms with Gasteiger partial charge < -0.3 is 15.2 Å². The summed E-state index contributed by atoms with van der Waals surface area (Å²) < 4.78 is 5.33. The number of carbonyl (C=O) groups is 4. The van der Waals surface area contributed by atoms with E-state index < -0.39 is 23.0 Å². The average Bonchev–Trinajstić information content (AvgIpc) is 2.74. The van der Waals surface area contributed by atoms with Gasteiger partial charge in [0.1, 0.15) is 11.1 Å². The molecule has 0 radical (unpaired) electrons. The number of carbonyl (C=O) groups excluding carboxylic acids is 3. The number of hydrogen-bond acceptors (Lipinski definition) is 7. The minimum Gasteiger partial charge on any atom is -0.477 e. The molecule has 8 nitrogen and oxygen atoms in total. The van der Waals surface area contributed by atoms with Gasteiger partial charge in [-0.2, -0.15) is 0 Å². The Kier molecular flexibility index (Phi) is 6.35. The number of carboxylic acid groups (broad SMARTS) is 1. The molecule has 3 rings (SSSR count). The van der Waals surface area contributed by atoms with Crippen LogP contribution in [0.2, 0.25) is 0 Å². The van der Waals surface area contributed by atoms with Crippen molar-refractivity contribution in [1.29, 1.82) is 0 Å². The van der Waals surface area contributed by atoms with Gasteiger partial charge in [-0.1, -0.05) is 49.0 Å². The molecule has 1 aromatic rings. The van der Waals surface area contributed by atoms with E-state index in [0.29, 0.717) is 16.9 Å². The van der Waals surface area contributed by atoms with Gasteiger partial charge in [-0.25, -0.2) is 4.79 Å². The van der Waals surface area contributed by atoms with Crippen molar-refractivity contribution in [2.75, 3.05) is 18.6 Å². The van der Waals surface area contributed by atoms with Crippen LogP contribution in [0, 0.1) is 0 Å². The van der Waals surface area contributed by atoms with Crippen LogP contribution < -0.4 is 5.32 Å². The molecule has 2 atom stereocenters. The molecule has 10 heteroatoms. The normalized spacial score (nSPS) is 23.3. The van der Waals surface area contributed by atoms with Crippen LogP contribution in [0.15, 0.2) is 41.6 Å². The largest absolute Gasteiger partial charge is 0.477 e. The summed E-state index contributed by atoms with van der Waals surface area (Å²) in [6, 6.07) is 8.69. The first-order valence-corrected chi connectivity index (χ1v) is 10.9. The molecule has 29 heavy (non-hydrogen) atoms. The monoisotopic (exact) mass is 436 g/mol. The van der Waals surface area contributed by atoms with Gasteiger partial charge in [-0.3, -0.25) is 19.3 Å². The highest BCUT2D eigenvalue weighted by atomic mass is 32.2. The molecule has 2 N–H and O–H groups in total. The first-order valence-electron chi connectivity index (χ1n) is 8.84. The molecule has 0 aliphatic carbocycles. The van der Waals surface area contributed by atoms with E-state index in [4.69, 9.17) is 4.74 Å². The third-order valence-corrected chi connectivity index (χ3v) is 7.03. The lowest BCUT2D eigenvalue weighted by Crippen LogP contribution is -2.80. The van der Waals surface area contributed by atoms with Crippen LogP contribution in [-0.2, 0) is 19.1 Å². The Morgan fingerprint density at radius 2 is 2.03 bits per heavy atom. The molecule has 2 amide bonds. The van der Waals surface area contributed by atoms with Crippen molar-refractivity contribution < 1.29 is 29.0 Å². The maximum absolute atomic E-state index is 12.8. The second kappa shape index (κ2) is 8.60. The number of nitrogens with zero attached hydrogens (tertiary/aromatic N) is 1. The van der Waals surface area contributed by atoms with Gasteiger partial charge in [-0.15, -0.1) is 11.8 Å². The molecule has 2 aliphatic heterocycles. The van der Waals surface area contributed by atoms with Crippen LogP contribution in [0.4, 0.5) is 0 Å². The van der Waals surface area contributed by atoms with Crippen LogP contribution in [0.1, 0.15) is 23.7 Å². The summed E-state index contributed by atoms with van der Waals surface area (Å²) in [5.74, 6) is -1.79. The number of nitrogens with one attached hydrogen (secondary N) is 1. The molecular weight excluding hydrogens is 416 g/mol. The minimum absolute atomic E-state index is 0.148. The highest BCUT2D eigenvalue weighted by molar-refractivity contribution is 8.14. The molecule has 0 aromatic heterocycles. The number of fused-ring (bicyclic) bond motifs is 1. The van der Waals surface area contributed by atoms with E-state index in [-0.39, 0.29) is 28.9 Å². The Bertz CT molecular complexity index is 888. The highest BCUT2D eigenvalue weighted by Crippen LogP contribution is 2.47. The molecule has 2 heterocycles. The lowest BCUT2D eigenvalue weighted by atomic mass is 9.98. The molecule has 0 bridgehead atoms. The molecule has 1 aromatic carbocycles. The van der Waals surface area contributed by atoms with Crippen LogP contribution in [0.5, 0.6) is 0 Å². The van der Waals surface area contributed by atoms with E-state index in [9.17, 15) is 24.3 Å². The van der Waals surface area contributed by atoms with Crippen molar-refractivity contribution in [3.05, 3.63) is 47.2 Å². The second-order valence-corrected chi connectivity index (χ2v) is 8.40. The van der Waals surface area contributed by atoms with Crippen molar-refractivity contribution in [1.82, 2.24) is 10.2 Å². The van der Waals surface area contributed by atoms with Gasteiger partial charge in [0.2, 0.25) is 11.0 Å². The van der Waals surface area contributed by atoms with E-state index >= 15 is 0 Å². The molecule has 154 valence electrons. The zero-order valence-electron chi connectivity index (χ0n) is 15.8. The fourth-order valence-corrected chi connectivity index (χ4v) is 5.57. The summed E-state index contributed by atoms with van der Waals surface area (Å²) in [6.07, 6.45) is 0.168. The summed E-state index contributed by atoms with van der Waals surface area (Å²) in [6.45, 7) is 1.65. The van der Waals surface area contributed by atoms with Crippen LogP contribution in [0.3, 0.4) is 0 Å². The average molecular weight is 437 g/mol. The van der Waals surface area contributed by atoms with Crippen molar-refractivity contribution >= 4 is 46.4 Å². The van der Waals surface area contributed by atoms with Gasteiger partial charge in [0.25, 0.3) is 11.6 Å². The molecule has 0 spiro atoms. The van der Waals surface area contributed by atoms with Gasteiger partial charge in [0.05, 0.1) is 0 Å². The number of aliphatic carboxylic acids is 1. The van der Waals surface area contributed by atoms with E-state index in [1.165, 1.54) is 18.9 Å². The van der Waals surface area contributed by atoms with E-state index in [0.717, 1.165) is 16.7 Å². The summed E-state index contributed by atoms with van der Waals surface area (Å²) in [5, 5.41) is 11.4. The lowest BCUT2D eigenvalue weighted by molar-refractivity contribution is -0.192. The van der Waals surface area contributed by atoms with E-state index in [1.807, 2.05) is 0 Å². The number of carboxylic acids is 1. The van der Waals surface area contributed by atoms with Crippen LogP contribution in [-0.4, -0.2) is 62.6 Å². The number of β-lactam (4-membered cyclic amide) rings is 1. The standard InChI is InChI=1S/C19H20N2O6S2/c1-3-13(22)20-19(27-2)17(26)21-14(15(23)24)12(10-29-18(19)21)9-28-16(25)11-7-5-4-6-8-11/h4-8,18H,3,9-10H2,1-2H3,(H,20,22)(H,23,24)/t18-,19?/m0/s1. The fourth-order valence-electron chi connectivity index (χ4n) is 3.16. The molecule has 1 fully saturated rings. The number of amides is 2. The second-order valence-electron chi connectivity index (χ2n) is 6.38. The summed E-state index contributed by atoms with van der Waals surface area (Å²) in [7, 11) is 1.31. The van der Waals surface area contributed by atoms with Crippen LogP contribution >= 0.6 is 23.5 Å². The van der Waals surface area contributed by atoms with E-state index in [2.05, 4.69) is 5.32 Å². The predicted molar refractivity (Wildman–Crippen MR) is 109 cm³/mol. The smallest absolute Gasteiger partial charge is 0.352 e. The zero-order valence-corrected chi connectivity index (χ0v) is 17.5. The van der Waals surface area contributed by atoms with Gasteiger partial charge >= 0.3 is 5.97 Å². The maximum Gasteiger partial charge on any atom is 0.352 e. The number of ether oxygens (including phenoxy) is 1. The number of hydrogen-bond donors (Lipinski definition) is 2.